The molecule has 0 fully saturated rings. The molecule has 374 valence electrons. The third-order valence-corrected chi connectivity index (χ3v) is 18.0. The van der Waals surface area contributed by atoms with E-state index in [-0.39, 0.29) is 23.1 Å². The van der Waals surface area contributed by atoms with Crippen molar-refractivity contribution in [2.75, 3.05) is 9.80 Å². The molecule has 1 aliphatic carbocycles. The molecular weight excluding hydrogens is 950 g/mol. The van der Waals surface area contributed by atoms with Crippen molar-refractivity contribution in [1.29, 1.82) is 0 Å². The molecule has 0 unspecified atom stereocenters. The van der Waals surface area contributed by atoms with Crippen molar-refractivity contribution in [2.24, 2.45) is 0 Å². The summed E-state index contributed by atoms with van der Waals surface area (Å²) >= 11 is 0. The van der Waals surface area contributed by atoms with Gasteiger partial charge in [-0.25, -0.2) is 0 Å². The highest BCUT2D eigenvalue weighted by atomic mass is 16.3. The third kappa shape index (κ3) is 6.03. The van der Waals surface area contributed by atoms with Gasteiger partial charge in [0.05, 0.1) is 22.3 Å². The fourth-order valence-electron chi connectivity index (χ4n) is 14.2. The van der Waals surface area contributed by atoms with E-state index in [1.165, 1.54) is 55.4 Å². The summed E-state index contributed by atoms with van der Waals surface area (Å²) in [5.41, 5.74) is 24.4. The maximum absolute atomic E-state index is 7.44. The molecule has 5 nitrogen and oxygen atoms in total. The highest BCUT2D eigenvalue weighted by Gasteiger charge is 2.49. The van der Waals surface area contributed by atoms with E-state index in [4.69, 9.17) is 8.83 Å². The molecule has 2 aliphatic heterocycles. The van der Waals surface area contributed by atoms with E-state index in [1.54, 1.807) is 0 Å². The van der Waals surface area contributed by atoms with Gasteiger partial charge in [0.2, 0.25) is 0 Å². The second kappa shape index (κ2) is 15.8. The molecule has 0 saturated heterocycles. The Morgan fingerprint density at radius 3 is 1.69 bits per heavy atom. The summed E-state index contributed by atoms with van der Waals surface area (Å²) in [5.74, 6) is 0. The van der Waals surface area contributed by atoms with Gasteiger partial charge in [-0.2, -0.15) is 0 Å². The predicted octanol–water partition coefficient (Wildman–Crippen LogP) is 18.3. The number of anilines is 6. The molecule has 0 saturated carbocycles. The standard InChI is InChI=1S/C72H56BN3O2/c1-70(2,3)44-35-37-56(50(39-44)43-23-11-8-12-24-43)75-58-41-54-53(71(4,5)51-31-19-20-32-52(51)72(54,6)7)40-55(58)73-67-59(75)42-62-63(47-29-17-21-33-60(47)77-62)64(67)49-36-38-57(74(45-25-13-9-14-26-45)46-27-15-10-16-28-46)66-65-48-30-18-22-34-61(48)78-69(65)76(73)68(49)66/h8-42H,1-7H3. The number of benzene rings is 10. The topological polar surface area (TPSA) is 37.7 Å². The molecule has 0 amide bonds. The molecule has 6 heteroatoms. The Hall–Kier alpha value is -9.00. The molecule has 13 aromatic rings. The number of furan rings is 2. The van der Waals surface area contributed by atoms with Gasteiger partial charge in [0.1, 0.15) is 16.7 Å². The van der Waals surface area contributed by atoms with Crippen LogP contribution in [0.5, 0.6) is 0 Å². The van der Waals surface area contributed by atoms with Gasteiger partial charge >= 0.3 is 6.85 Å². The number of hydrogen-bond donors (Lipinski definition) is 0. The quantitative estimate of drug-likeness (QED) is 0.161. The molecular formula is C72H56BN3O2. The van der Waals surface area contributed by atoms with Crippen LogP contribution in [-0.4, -0.2) is 11.3 Å². The zero-order valence-corrected chi connectivity index (χ0v) is 44.9. The molecule has 0 bridgehead atoms. The number of para-hydroxylation sites is 4. The molecule has 3 aromatic heterocycles. The number of aromatic nitrogens is 1. The maximum atomic E-state index is 7.44. The summed E-state index contributed by atoms with van der Waals surface area (Å²) in [6, 6.07) is 78.5. The summed E-state index contributed by atoms with van der Waals surface area (Å²) in [4.78, 5) is 5.04. The first-order chi connectivity index (χ1) is 37.9. The smallest absolute Gasteiger partial charge is 0.336 e. The van der Waals surface area contributed by atoms with Crippen LogP contribution in [0.4, 0.5) is 34.1 Å². The molecule has 0 spiro atoms. The van der Waals surface area contributed by atoms with E-state index in [0.717, 1.165) is 94.6 Å². The lowest BCUT2D eigenvalue weighted by atomic mass is 9.44. The van der Waals surface area contributed by atoms with Crippen LogP contribution in [0.15, 0.2) is 221 Å². The SMILES string of the molecule is CC(C)(C)c1ccc(N2c3cc4c(cc3B3c5c2cc2oc6ccccc6c2c5-c2ccc(N(c5ccccc5)c5ccccc5)c5c6c7ccccc7oc6n3c25)C(C)(C)c2ccccc2C4(C)C)c(-c2ccccc2)c1. The molecule has 0 atom stereocenters. The van der Waals surface area contributed by atoms with E-state index >= 15 is 0 Å². The monoisotopic (exact) mass is 1010 g/mol. The Kier molecular flexibility index (Phi) is 9.16. The van der Waals surface area contributed by atoms with Gasteiger partial charge < -0.3 is 23.1 Å². The predicted molar refractivity (Wildman–Crippen MR) is 327 cm³/mol. The van der Waals surface area contributed by atoms with Crippen LogP contribution in [0, 0.1) is 0 Å². The van der Waals surface area contributed by atoms with Gasteiger partial charge in [-0.05, 0) is 116 Å². The van der Waals surface area contributed by atoms with Crippen molar-refractivity contribution in [3.8, 4) is 22.3 Å². The minimum atomic E-state index is -0.320. The minimum Gasteiger partial charge on any atom is -0.456 e. The van der Waals surface area contributed by atoms with Crippen molar-refractivity contribution in [1.82, 2.24) is 4.48 Å². The van der Waals surface area contributed by atoms with E-state index < -0.39 is 0 Å². The van der Waals surface area contributed by atoms with E-state index in [9.17, 15) is 0 Å². The molecule has 0 radical (unpaired) electrons. The summed E-state index contributed by atoms with van der Waals surface area (Å²) in [5, 5.41) is 5.59. The Labute approximate surface area is 454 Å². The maximum Gasteiger partial charge on any atom is 0.336 e. The normalized spacial score (nSPS) is 14.8. The first-order valence-corrected chi connectivity index (χ1v) is 27.5. The van der Waals surface area contributed by atoms with Crippen molar-refractivity contribution < 1.29 is 8.83 Å². The fraction of sp³-hybridized carbons (Fsp3) is 0.139. The Morgan fingerprint density at radius 1 is 0.462 bits per heavy atom. The molecule has 0 N–H and O–H groups in total. The highest BCUT2D eigenvalue weighted by Crippen LogP contribution is 2.57. The first kappa shape index (κ1) is 45.2. The lowest BCUT2D eigenvalue weighted by Gasteiger charge is -2.47. The average molecular weight is 1010 g/mol. The van der Waals surface area contributed by atoms with Gasteiger partial charge in [0, 0.05) is 72.3 Å². The van der Waals surface area contributed by atoms with Gasteiger partial charge in [-0.1, -0.05) is 194 Å². The summed E-state index contributed by atoms with van der Waals surface area (Å²) in [6.45, 7) is 16.3. The summed E-state index contributed by atoms with van der Waals surface area (Å²) in [7, 11) is 0. The van der Waals surface area contributed by atoms with E-state index in [0.29, 0.717) is 0 Å². The van der Waals surface area contributed by atoms with Gasteiger partial charge in [-0.3, -0.25) is 0 Å². The van der Waals surface area contributed by atoms with Crippen molar-refractivity contribution in [3.63, 3.8) is 0 Å². The zero-order chi connectivity index (χ0) is 52.6. The van der Waals surface area contributed by atoms with Crippen molar-refractivity contribution >= 4 is 107 Å². The van der Waals surface area contributed by atoms with Gasteiger partial charge in [-0.15, -0.1) is 0 Å². The Bertz CT molecular complexity index is 4630. The molecule has 3 aliphatic rings. The van der Waals surface area contributed by atoms with Gasteiger partial charge in [0.15, 0.2) is 5.71 Å². The minimum absolute atomic E-state index is 0.0850. The second-order valence-corrected chi connectivity index (χ2v) is 24.0. The third-order valence-electron chi connectivity index (χ3n) is 18.0. The van der Waals surface area contributed by atoms with Crippen molar-refractivity contribution in [2.45, 2.75) is 64.7 Å². The molecule has 16 rings (SSSR count). The number of fused-ring (bicyclic) bond motifs is 15. The summed E-state index contributed by atoms with van der Waals surface area (Å²) < 4.78 is 17.2. The average Bonchev–Trinajstić information content (AvgIpc) is 2.65. The molecule has 10 aromatic carbocycles. The molecule has 78 heavy (non-hydrogen) atoms. The van der Waals surface area contributed by atoms with Crippen LogP contribution < -0.4 is 20.7 Å². The zero-order valence-electron chi connectivity index (χ0n) is 44.9. The van der Waals surface area contributed by atoms with Crippen LogP contribution in [-0.2, 0) is 16.2 Å². The fourth-order valence-corrected chi connectivity index (χ4v) is 14.2. The van der Waals surface area contributed by atoms with Crippen LogP contribution in [0.1, 0.15) is 76.3 Å². The Morgan fingerprint density at radius 2 is 1.04 bits per heavy atom. The number of rotatable bonds is 5. The van der Waals surface area contributed by atoms with Gasteiger partial charge in [0.25, 0.3) is 0 Å². The van der Waals surface area contributed by atoms with Crippen LogP contribution in [0.3, 0.4) is 0 Å². The number of hydrogen-bond acceptors (Lipinski definition) is 4. The van der Waals surface area contributed by atoms with E-state index in [1.807, 2.05) is 0 Å². The van der Waals surface area contributed by atoms with Crippen molar-refractivity contribution in [3.05, 3.63) is 240 Å². The Balaban J connectivity index is 1.12. The highest BCUT2D eigenvalue weighted by molar-refractivity contribution is 6.90. The van der Waals surface area contributed by atoms with Crippen LogP contribution in [0.2, 0.25) is 0 Å². The summed E-state index contributed by atoms with van der Waals surface area (Å²) in [6.07, 6.45) is 0. The second-order valence-electron chi connectivity index (χ2n) is 24.0. The van der Waals surface area contributed by atoms with Crippen LogP contribution >= 0.6 is 0 Å². The van der Waals surface area contributed by atoms with E-state index in [2.05, 4.69) is 275 Å². The lowest BCUT2D eigenvalue weighted by molar-refractivity contribution is 0.521. The number of nitrogens with zero attached hydrogens (tertiary/aromatic N) is 3. The van der Waals surface area contributed by atoms with Crippen LogP contribution in [0.25, 0.3) is 77.2 Å². The largest absolute Gasteiger partial charge is 0.456 e. The lowest BCUT2D eigenvalue weighted by Crippen LogP contribution is -2.57. The molecule has 5 heterocycles. The first-order valence-electron chi connectivity index (χ1n) is 27.5.